The number of nitrogens with zero attached hydrogens (tertiary/aromatic N) is 1. The maximum atomic E-state index is 5.50. The van der Waals surface area contributed by atoms with Crippen molar-refractivity contribution in [3.05, 3.63) is 20.6 Å². The zero-order valence-corrected chi connectivity index (χ0v) is 12.9. The molecule has 1 rings (SSSR count). The van der Waals surface area contributed by atoms with Crippen LogP contribution in [0.2, 0.25) is 0 Å². The number of aromatic nitrogens is 2. The first-order valence-corrected chi connectivity index (χ1v) is 6.52. The van der Waals surface area contributed by atoms with Crippen molar-refractivity contribution >= 4 is 28.1 Å². The highest BCUT2D eigenvalue weighted by atomic mass is 79.9. The third-order valence-corrected chi connectivity index (χ3v) is 4.26. The van der Waals surface area contributed by atoms with E-state index in [1.165, 1.54) is 0 Å². The van der Waals surface area contributed by atoms with Gasteiger partial charge < -0.3 is 14.5 Å². The maximum absolute atomic E-state index is 5.50. The Morgan fingerprint density at radius 1 is 1.47 bits per heavy atom. The van der Waals surface area contributed by atoms with Crippen LogP contribution in [0.5, 0.6) is 0 Å². The molecule has 0 bridgehead atoms. The highest BCUT2D eigenvalue weighted by Crippen LogP contribution is 2.27. The summed E-state index contributed by atoms with van der Waals surface area (Å²) in [4.78, 5) is 7.58. The molecule has 96 valence electrons. The molecule has 1 unspecified atom stereocenters. The lowest BCUT2D eigenvalue weighted by Gasteiger charge is -2.26. The molecule has 0 saturated carbocycles. The van der Waals surface area contributed by atoms with Crippen LogP contribution in [0.15, 0.2) is 4.47 Å². The van der Waals surface area contributed by atoms with Gasteiger partial charge in [0.25, 0.3) is 0 Å². The van der Waals surface area contributed by atoms with Gasteiger partial charge in [0.1, 0.15) is 16.1 Å². The Hall–Kier alpha value is -0.300. The number of rotatable bonds is 5. The van der Waals surface area contributed by atoms with E-state index in [1.807, 2.05) is 13.8 Å². The molecule has 0 fully saturated rings. The zero-order chi connectivity index (χ0) is 13.1. The Bertz CT molecular complexity index is 444. The molecule has 1 aromatic heterocycles. The van der Waals surface area contributed by atoms with Crippen molar-refractivity contribution in [2.75, 3.05) is 14.2 Å². The third-order valence-electron chi connectivity index (χ3n) is 2.85. The molecule has 0 aromatic carbocycles. The van der Waals surface area contributed by atoms with Crippen LogP contribution in [-0.4, -0.2) is 24.2 Å². The van der Waals surface area contributed by atoms with E-state index in [1.54, 1.807) is 14.2 Å². The van der Waals surface area contributed by atoms with Crippen molar-refractivity contribution in [2.45, 2.75) is 32.5 Å². The minimum absolute atomic E-state index is 0.448. The molecule has 0 aliphatic heterocycles. The first kappa shape index (κ1) is 14.8. The molecule has 0 aliphatic rings. The number of halogens is 1. The number of H-pyrrole nitrogens is 1. The van der Waals surface area contributed by atoms with Gasteiger partial charge in [0, 0.05) is 14.2 Å². The van der Waals surface area contributed by atoms with Crippen molar-refractivity contribution in [1.82, 2.24) is 9.97 Å². The summed E-state index contributed by atoms with van der Waals surface area (Å²) in [6, 6.07) is 0. The monoisotopic (exact) mass is 320 g/mol. The Balaban J connectivity index is 3.32. The third kappa shape index (κ3) is 3.13. The summed E-state index contributed by atoms with van der Waals surface area (Å²) >= 11 is 8.63. The van der Waals surface area contributed by atoms with Gasteiger partial charge in [-0.2, -0.15) is 0 Å². The molecule has 0 saturated heterocycles. The van der Waals surface area contributed by atoms with Gasteiger partial charge in [-0.05, 0) is 29.3 Å². The molecule has 0 spiro atoms. The molecule has 1 aromatic rings. The standard InChI is InChI=1S/C11H17BrN2O2S/c1-5-11(2,16-4)10-13-7(6-15-3)8(12)9(17)14-10/h5-6H2,1-4H3,(H,13,14,17). The van der Waals surface area contributed by atoms with Crippen molar-refractivity contribution < 1.29 is 9.47 Å². The van der Waals surface area contributed by atoms with E-state index >= 15 is 0 Å². The maximum Gasteiger partial charge on any atom is 0.144 e. The molecule has 17 heavy (non-hydrogen) atoms. The van der Waals surface area contributed by atoms with Crippen molar-refractivity contribution in [3.63, 3.8) is 0 Å². The van der Waals surface area contributed by atoms with Gasteiger partial charge in [-0.15, -0.1) is 0 Å². The van der Waals surface area contributed by atoms with E-state index in [0.29, 0.717) is 11.2 Å². The SMILES string of the molecule is CCC(C)(OC)c1nc(=S)c(Br)c(COC)[nH]1. The summed E-state index contributed by atoms with van der Waals surface area (Å²) in [5.41, 5.74) is 0.413. The average molecular weight is 321 g/mol. The predicted octanol–water partition coefficient (Wildman–Crippen LogP) is 3.32. The van der Waals surface area contributed by atoms with Gasteiger partial charge in [0.05, 0.1) is 16.8 Å². The van der Waals surface area contributed by atoms with Gasteiger partial charge in [0.2, 0.25) is 0 Å². The minimum Gasteiger partial charge on any atom is -0.378 e. The molecular weight excluding hydrogens is 304 g/mol. The summed E-state index contributed by atoms with van der Waals surface area (Å²) < 4.78 is 11.9. The Kier molecular flexibility index (Phi) is 5.24. The van der Waals surface area contributed by atoms with Crippen LogP contribution in [0.1, 0.15) is 31.8 Å². The zero-order valence-electron chi connectivity index (χ0n) is 10.5. The van der Waals surface area contributed by atoms with Gasteiger partial charge in [-0.3, -0.25) is 0 Å². The number of methoxy groups -OCH3 is 2. The molecule has 6 heteroatoms. The summed E-state index contributed by atoms with van der Waals surface area (Å²) in [5.74, 6) is 0.725. The fourth-order valence-electron chi connectivity index (χ4n) is 1.41. The van der Waals surface area contributed by atoms with Crippen LogP contribution < -0.4 is 0 Å². The smallest absolute Gasteiger partial charge is 0.144 e. The van der Waals surface area contributed by atoms with Crippen molar-refractivity contribution in [1.29, 1.82) is 0 Å². The molecule has 0 amide bonds. The Morgan fingerprint density at radius 3 is 2.59 bits per heavy atom. The second kappa shape index (κ2) is 6.04. The molecule has 4 nitrogen and oxygen atoms in total. The van der Waals surface area contributed by atoms with Gasteiger partial charge in [-0.1, -0.05) is 19.1 Å². The van der Waals surface area contributed by atoms with E-state index in [0.717, 1.165) is 22.4 Å². The van der Waals surface area contributed by atoms with Gasteiger partial charge in [-0.25, -0.2) is 4.98 Å². The lowest BCUT2D eigenvalue weighted by molar-refractivity contribution is -0.00954. The predicted molar refractivity (Wildman–Crippen MR) is 72.5 cm³/mol. The largest absolute Gasteiger partial charge is 0.378 e. The van der Waals surface area contributed by atoms with E-state index < -0.39 is 5.60 Å². The second-order valence-electron chi connectivity index (χ2n) is 3.90. The van der Waals surface area contributed by atoms with E-state index in [-0.39, 0.29) is 0 Å². The molecule has 0 radical (unpaired) electrons. The molecule has 1 N–H and O–H groups in total. The molecule has 0 aliphatic carbocycles. The van der Waals surface area contributed by atoms with Gasteiger partial charge in [0.15, 0.2) is 0 Å². The lowest BCUT2D eigenvalue weighted by Crippen LogP contribution is -2.27. The topological polar surface area (TPSA) is 47.1 Å². The Morgan fingerprint density at radius 2 is 2.12 bits per heavy atom. The molecule has 1 atom stereocenters. The first-order chi connectivity index (χ1) is 7.98. The number of aromatic amines is 1. The number of ether oxygens (including phenoxy) is 2. The summed E-state index contributed by atoms with van der Waals surface area (Å²) in [6.07, 6.45) is 0.801. The van der Waals surface area contributed by atoms with Crippen LogP contribution >= 0.6 is 28.1 Å². The number of hydrogen-bond acceptors (Lipinski definition) is 4. The van der Waals surface area contributed by atoms with Crippen LogP contribution in [0.4, 0.5) is 0 Å². The van der Waals surface area contributed by atoms with Crippen LogP contribution in [0, 0.1) is 4.64 Å². The van der Waals surface area contributed by atoms with Crippen molar-refractivity contribution in [3.8, 4) is 0 Å². The summed E-state index contributed by atoms with van der Waals surface area (Å²) in [5, 5.41) is 0. The van der Waals surface area contributed by atoms with E-state index in [2.05, 4.69) is 25.9 Å². The molecule has 1 heterocycles. The van der Waals surface area contributed by atoms with Crippen LogP contribution in [-0.2, 0) is 21.7 Å². The van der Waals surface area contributed by atoms with E-state index in [9.17, 15) is 0 Å². The fraction of sp³-hybridized carbons (Fsp3) is 0.636. The van der Waals surface area contributed by atoms with Crippen molar-refractivity contribution in [2.24, 2.45) is 0 Å². The Labute approximate surface area is 115 Å². The second-order valence-corrected chi connectivity index (χ2v) is 5.08. The normalized spacial score (nSPS) is 14.6. The summed E-state index contributed by atoms with van der Waals surface area (Å²) in [7, 11) is 3.30. The summed E-state index contributed by atoms with van der Waals surface area (Å²) in [6.45, 7) is 4.47. The fourth-order valence-corrected chi connectivity index (χ4v) is 1.92. The van der Waals surface area contributed by atoms with E-state index in [4.69, 9.17) is 21.7 Å². The quantitative estimate of drug-likeness (QED) is 0.845. The lowest BCUT2D eigenvalue weighted by atomic mass is 10.0. The van der Waals surface area contributed by atoms with Crippen LogP contribution in [0.3, 0.4) is 0 Å². The minimum atomic E-state index is -0.462. The highest BCUT2D eigenvalue weighted by molar-refractivity contribution is 9.10. The average Bonchev–Trinajstić information content (AvgIpc) is 2.34. The number of hydrogen-bond donors (Lipinski definition) is 1. The number of nitrogens with one attached hydrogen (secondary N) is 1. The van der Waals surface area contributed by atoms with Crippen LogP contribution in [0.25, 0.3) is 0 Å². The molecular formula is C11H17BrN2O2S. The highest BCUT2D eigenvalue weighted by Gasteiger charge is 2.27. The first-order valence-electron chi connectivity index (χ1n) is 5.31. The van der Waals surface area contributed by atoms with Gasteiger partial charge >= 0.3 is 0 Å².